The molecule has 1 heteroatoms. The SMILES string of the molecule is CC[C@@H](CCCCCO)CCC(C)(C)C. The molecule has 0 rings (SSSR count). The zero-order valence-corrected chi connectivity index (χ0v) is 11.2. The quantitative estimate of drug-likeness (QED) is 0.594. The molecule has 0 heterocycles. The predicted molar refractivity (Wildman–Crippen MR) is 68.0 cm³/mol. The summed E-state index contributed by atoms with van der Waals surface area (Å²) in [6.45, 7) is 9.64. The summed E-state index contributed by atoms with van der Waals surface area (Å²) in [4.78, 5) is 0. The number of unbranched alkanes of at least 4 members (excludes halogenated alkanes) is 2. The Kier molecular flexibility index (Phi) is 8.13. The second-order valence-electron chi connectivity index (χ2n) is 5.95. The van der Waals surface area contributed by atoms with E-state index in [4.69, 9.17) is 5.11 Å². The minimum Gasteiger partial charge on any atom is -0.396 e. The van der Waals surface area contributed by atoms with Gasteiger partial charge < -0.3 is 5.11 Å². The summed E-state index contributed by atoms with van der Waals surface area (Å²) in [5.74, 6) is 0.905. The molecule has 0 aliphatic rings. The Hall–Kier alpha value is -0.0400. The second-order valence-corrected chi connectivity index (χ2v) is 5.95. The zero-order chi connectivity index (χ0) is 11.7. The van der Waals surface area contributed by atoms with Gasteiger partial charge in [0.1, 0.15) is 0 Å². The molecular weight excluding hydrogens is 184 g/mol. The Bertz CT molecular complexity index is 135. The van der Waals surface area contributed by atoms with Crippen molar-refractivity contribution in [1.29, 1.82) is 0 Å². The summed E-state index contributed by atoms with van der Waals surface area (Å²) in [6.07, 6.45) is 8.86. The highest BCUT2D eigenvalue weighted by atomic mass is 16.2. The van der Waals surface area contributed by atoms with Crippen LogP contribution in [-0.2, 0) is 0 Å². The lowest BCUT2D eigenvalue weighted by molar-refractivity contribution is 0.274. The maximum absolute atomic E-state index is 8.70. The van der Waals surface area contributed by atoms with Gasteiger partial charge in [0, 0.05) is 6.61 Å². The van der Waals surface area contributed by atoms with Crippen LogP contribution >= 0.6 is 0 Å². The number of hydrogen-bond acceptors (Lipinski definition) is 1. The normalized spacial score (nSPS) is 14.2. The molecule has 0 saturated carbocycles. The molecule has 0 aromatic carbocycles. The Labute approximate surface area is 96.3 Å². The summed E-state index contributed by atoms with van der Waals surface area (Å²) in [6, 6.07) is 0. The van der Waals surface area contributed by atoms with E-state index in [1.807, 2.05) is 0 Å². The lowest BCUT2D eigenvalue weighted by Crippen LogP contribution is -2.09. The fraction of sp³-hybridized carbons (Fsp3) is 1.00. The van der Waals surface area contributed by atoms with Gasteiger partial charge in [-0.3, -0.25) is 0 Å². The van der Waals surface area contributed by atoms with E-state index in [9.17, 15) is 0 Å². The largest absolute Gasteiger partial charge is 0.396 e. The molecule has 92 valence electrons. The molecular formula is C14H30O. The first-order valence-electron chi connectivity index (χ1n) is 6.60. The molecule has 0 radical (unpaired) electrons. The topological polar surface area (TPSA) is 20.2 Å². The van der Waals surface area contributed by atoms with E-state index in [0.717, 1.165) is 12.3 Å². The second kappa shape index (κ2) is 8.15. The van der Waals surface area contributed by atoms with Crippen LogP contribution in [0.4, 0.5) is 0 Å². The molecule has 0 fully saturated rings. The minimum absolute atomic E-state index is 0.360. The van der Waals surface area contributed by atoms with Crippen LogP contribution in [0.25, 0.3) is 0 Å². The van der Waals surface area contributed by atoms with E-state index in [-0.39, 0.29) is 0 Å². The lowest BCUT2D eigenvalue weighted by Gasteiger charge is -2.22. The maximum Gasteiger partial charge on any atom is 0.0431 e. The fourth-order valence-corrected chi connectivity index (χ4v) is 1.91. The maximum atomic E-state index is 8.70. The first-order valence-corrected chi connectivity index (χ1v) is 6.60. The lowest BCUT2D eigenvalue weighted by atomic mass is 9.84. The van der Waals surface area contributed by atoms with E-state index >= 15 is 0 Å². The molecule has 0 aliphatic carbocycles. The molecule has 1 N–H and O–H groups in total. The van der Waals surface area contributed by atoms with Crippen molar-refractivity contribution in [2.45, 2.75) is 72.6 Å². The van der Waals surface area contributed by atoms with Crippen LogP contribution in [0.2, 0.25) is 0 Å². The summed E-state index contributed by atoms with van der Waals surface area (Å²) < 4.78 is 0. The highest BCUT2D eigenvalue weighted by Crippen LogP contribution is 2.27. The van der Waals surface area contributed by atoms with Crippen LogP contribution in [0.5, 0.6) is 0 Å². The third-order valence-electron chi connectivity index (χ3n) is 3.15. The monoisotopic (exact) mass is 214 g/mol. The van der Waals surface area contributed by atoms with E-state index in [2.05, 4.69) is 27.7 Å². The van der Waals surface area contributed by atoms with Gasteiger partial charge in [-0.2, -0.15) is 0 Å². The Morgan fingerprint density at radius 1 is 1.00 bits per heavy atom. The molecule has 0 aromatic heterocycles. The van der Waals surface area contributed by atoms with Crippen molar-refractivity contribution in [3.63, 3.8) is 0 Å². The van der Waals surface area contributed by atoms with Crippen molar-refractivity contribution >= 4 is 0 Å². The van der Waals surface area contributed by atoms with Crippen molar-refractivity contribution in [2.75, 3.05) is 6.61 Å². The van der Waals surface area contributed by atoms with Gasteiger partial charge in [-0.15, -0.1) is 0 Å². The van der Waals surface area contributed by atoms with Gasteiger partial charge in [-0.1, -0.05) is 53.4 Å². The number of aliphatic hydroxyl groups is 1. The van der Waals surface area contributed by atoms with Crippen molar-refractivity contribution in [2.24, 2.45) is 11.3 Å². The van der Waals surface area contributed by atoms with E-state index in [1.54, 1.807) is 0 Å². The first kappa shape index (κ1) is 15.0. The Morgan fingerprint density at radius 2 is 1.67 bits per heavy atom. The Balaban J connectivity index is 3.55. The summed E-state index contributed by atoms with van der Waals surface area (Å²) in [7, 11) is 0. The standard InChI is InChI=1S/C14H30O/c1-5-13(9-7-6-8-12-15)10-11-14(2,3)4/h13,15H,5-12H2,1-4H3/t13-/m0/s1. The van der Waals surface area contributed by atoms with Crippen LogP contribution in [0, 0.1) is 11.3 Å². The van der Waals surface area contributed by atoms with Crippen LogP contribution < -0.4 is 0 Å². The van der Waals surface area contributed by atoms with Gasteiger partial charge in [-0.05, 0) is 30.6 Å². The van der Waals surface area contributed by atoms with Gasteiger partial charge in [0.25, 0.3) is 0 Å². The van der Waals surface area contributed by atoms with Crippen LogP contribution in [0.3, 0.4) is 0 Å². The summed E-state index contributed by atoms with van der Waals surface area (Å²) >= 11 is 0. The van der Waals surface area contributed by atoms with Gasteiger partial charge >= 0.3 is 0 Å². The molecule has 0 aromatic rings. The van der Waals surface area contributed by atoms with E-state index in [1.165, 1.54) is 38.5 Å². The van der Waals surface area contributed by atoms with Crippen molar-refractivity contribution < 1.29 is 5.11 Å². The first-order chi connectivity index (χ1) is 6.99. The Morgan fingerprint density at radius 3 is 2.13 bits per heavy atom. The fourth-order valence-electron chi connectivity index (χ4n) is 1.91. The highest BCUT2D eigenvalue weighted by Gasteiger charge is 2.13. The van der Waals surface area contributed by atoms with Crippen LogP contribution in [0.1, 0.15) is 72.6 Å². The molecule has 0 bridgehead atoms. The number of rotatable bonds is 8. The average Bonchev–Trinajstić information content (AvgIpc) is 2.15. The molecule has 15 heavy (non-hydrogen) atoms. The van der Waals surface area contributed by atoms with Crippen LogP contribution in [0.15, 0.2) is 0 Å². The zero-order valence-electron chi connectivity index (χ0n) is 11.2. The molecule has 0 spiro atoms. The van der Waals surface area contributed by atoms with Crippen molar-refractivity contribution in [3.05, 3.63) is 0 Å². The van der Waals surface area contributed by atoms with E-state index < -0.39 is 0 Å². The third-order valence-corrected chi connectivity index (χ3v) is 3.15. The molecule has 0 aliphatic heterocycles. The summed E-state index contributed by atoms with van der Waals surface area (Å²) in [5.41, 5.74) is 0.485. The highest BCUT2D eigenvalue weighted by molar-refractivity contribution is 4.66. The van der Waals surface area contributed by atoms with Gasteiger partial charge in [0.05, 0.1) is 0 Å². The number of hydrogen-bond donors (Lipinski definition) is 1. The third kappa shape index (κ3) is 10.2. The van der Waals surface area contributed by atoms with E-state index in [0.29, 0.717) is 12.0 Å². The van der Waals surface area contributed by atoms with Gasteiger partial charge in [0.2, 0.25) is 0 Å². The molecule has 0 amide bonds. The summed E-state index contributed by atoms with van der Waals surface area (Å²) in [5, 5.41) is 8.70. The minimum atomic E-state index is 0.360. The average molecular weight is 214 g/mol. The molecule has 1 nitrogen and oxygen atoms in total. The number of aliphatic hydroxyl groups excluding tert-OH is 1. The molecule has 0 unspecified atom stereocenters. The van der Waals surface area contributed by atoms with Crippen molar-refractivity contribution in [3.8, 4) is 0 Å². The smallest absolute Gasteiger partial charge is 0.0431 e. The predicted octanol–water partition coefficient (Wildman–Crippen LogP) is 4.39. The molecule has 0 saturated heterocycles. The van der Waals surface area contributed by atoms with Gasteiger partial charge in [-0.25, -0.2) is 0 Å². The van der Waals surface area contributed by atoms with Gasteiger partial charge in [0.15, 0.2) is 0 Å². The van der Waals surface area contributed by atoms with Crippen LogP contribution in [-0.4, -0.2) is 11.7 Å². The molecule has 1 atom stereocenters. The van der Waals surface area contributed by atoms with Crippen molar-refractivity contribution in [1.82, 2.24) is 0 Å².